The summed E-state index contributed by atoms with van der Waals surface area (Å²) in [4.78, 5) is 14.6. The highest BCUT2D eigenvalue weighted by atomic mass is 35.5. The summed E-state index contributed by atoms with van der Waals surface area (Å²) in [5, 5.41) is 7.74. The largest absolute Gasteiger partial charge is 0.383 e. The minimum absolute atomic E-state index is 0.407. The van der Waals surface area contributed by atoms with Gasteiger partial charge in [-0.2, -0.15) is 5.10 Å². The van der Waals surface area contributed by atoms with Crippen LogP contribution in [0.4, 0.5) is 11.5 Å². The summed E-state index contributed by atoms with van der Waals surface area (Å²) in [7, 11) is 1.83. The van der Waals surface area contributed by atoms with Crippen molar-refractivity contribution in [1.29, 1.82) is 0 Å². The average molecular weight is 294 g/mol. The van der Waals surface area contributed by atoms with E-state index in [1.807, 2.05) is 11.7 Å². The number of rotatable bonds is 3. The first kappa shape index (κ1) is 13.1. The third kappa shape index (κ3) is 2.40. The van der Waals surface area contributed by atoms with Gasteiger partial charge in [-0.3, -0.25) is 0 Å². The number of hydrogen-bond donors (Lipinski definition) is 1. The molecule has 20 heavy (non-hydrogen) atoms. The Hall–Kier alpha value is -1.89. The molecule has 0 unspecified atom stereocenters. The van der Waals surface area contributed by atoms with E-state index in [9.17, 15) is 0 Å². The molecule has 0 aliphatic carbocycles. The van der Waals surface area contributed by atoms with Gasteiger partial charge in [0, 0.05) is 20.1 Å². The number of piperidine rings is 1. The highest BCUT2D eigenvalue weighted by Crippen LogP contribution is 2.32. The van der Waals surface area contributed by atoms with Gasteiger partial charge in [0.25, 0.3) is 0 Å². The van der Waals surface area contributed by atoms with Crippen molar-refractivity contribution in [3.8, 4) is 0 Å². The smallest absolute Gasteiger partial charge is 0.157 e. The zero-order chi connectivity index (χ0) is 13.9. The minimum atomic E-state index is 0.407. The standard InChI is InChI=1S/C12H16ClN7/c1-14-10-11(13)16-7-17-12(10)19-4-2-9(3-5-19)20-8-15-6-18-20/h6-9,14H,2-5H2,1H3. The third-order valence-electron chi connectivity index (χ3n) is 3.61. The maximum Gasteiger partial charge on any atom is 0.157 e. The maximum atomic E-state index is 6.10. The molecular weight excluding hydrogens is 278 g/mol. The molecule has 0 radical (unpaired) electrons. The van der Waals surface area contributed by atoms with E-state index in [2.05, 4.69) is 30.3 Å². The van der Waals surface area contributed by atoms with Gasteiger partial charge in [0.15, 0.2) is 11.0 Å². The van der Waals surface area contributed by atoms with Gasteiger partial charge >= 0.3 is 0 Å². The van der Waals surface area contributed by atoms with Crippen LogP contribution in [0, 0.1) is 0 Å². The van der Waals surface area contributed by atoms with Crippen molar-refractivity contribution in [2.45, 2.75) is 18.9 Å². The fraction of sp³-hybridized carbons (Fsp3) is 0.500. The lowest BCUT2D eigenvalue weighted by molar-refractivity contribution is 0.365. The van der Waals surface area contributed by atoms with Crippen LogP contribution < -0.4 is 10.2 Å². The fourth-order valence-corrected chi connectivity index (χ4v) is 2.78. The third-order valence-corrected chi connectivity index (χ3v) is 3.89. The normalized spacial score (nSPS) is 16.4. The molecule has 2 aromatic rings. The molecule has 3 rings (SSSR count). The van der Waals surface area contributed by atoms with Crippen molar-refractivity contribution < 1.29 is 0 Å². The van der Waals surface area contributed by atoms with Crippen molar-refractivity contribution in [3.05, 3.63) is 24.1 Å². The van der Waals surface area contributed by atoms with Gasteiger partial charge < -0.3 is 10.2 Å². The first-order valence-corrected chi connectivity index (χ1v) is 6.94. The van der Waals surface area contributed by atoms with Crippen LogP contribution in [0.25, 0.3) is 0 Å². The van der Waals surface area contributed by atoms with E-state index >= 15 is 0 Å². The second-order valence-electron chi connectivity index (χ2n) is 4.71. The molecule has 1 fully saturated rings. The molecule has 0 spiro atoms. The zero-order valence-electron chi connectivity index (χ0n) is 11.2. The second-order valence-corrected chi connectivity index (χ2v) is 5.06. The van der Waals surface area contributed by atoms with Gasteiger partial charge in [0.2, 0.25) is 0 Å². The predicted octanol–water partition coefficient (Wildman–Crippen LogP) is 1.60. The van der Waals surface area contributed by atoms with E-state index < -0.39 is 0 Å². The topological polar surface area (TPSA) is 71.8 Å². The minimum Gasteiger partial charge on any atom is -0.383 e. The van der Waals surface area contributed by atoms with Crippen molar-refractivity contribution in [1.82, 2.24) is 24.7 Å². The van der Waals surface area contributed by atoms with Crippen molar-refractivity contribution >= 4 is 23.1 Å². The summed E-state index contributed by atoms with van der Waals surface area (Å²) in [5.74, 6) is 0.865. The highest BCUT2D eigenvalue weighted by molar-refractivity contribution is 6.32. The first-order chi connectivity index (χ1) is 9.79. The van der Waals surface area contributed by atoms with E-state index in [-0.39, 0.29) is 0 Å². The summed E-state index contributed by atoms with van der Waals surface area (Å²) < 4.78 is 1.93. The van der Waals surface area contributed by atoms with Crippen LogP contribution in [-0.4, -0.2) is 44.9 Å². The lowest BCUT2D eigenvalue weighted by Crippen LogP contribution is -2.35. The Morgan fingerprint density at radius 2 is 2.05 bits per heavy atom. The van der Waals surface area contributed by atoms with Crippen LogP contribution in [-0.2, 0) is 0 Å². The number of anilines is 2. The fourth-order valence-electron chi connectivity index (χ4n) is 2.56. The molecule has 1 aliphatic heterocycles. The Balaban J connectivity index is 1.74. The summed E-state index contributed by atoms with van der Waals surface area (Å²) in [6.07, 6.45) is 6.88. The van der Waals surface area contributed by atoms with Crippen molar-refractivity contribution in [3.63, 3.8) is 0 Å². The van der Waals surface area contributed by atoms with Crippen LogP contribution in [0.1, 0.15) is 18.9 Å². The number of halogens is 1. The molecular formula is C12H16ClN7. The number of aromatic nitrogens is 5. The molecule has 1 N–H and O–H groups in total. The molecule has 0 saturated carbocycles. The van der Waals surface area contributed by atoms with Crippen LogP contribution in [0.2, 0.25) is 5.15 Å². The van der Waals surface area contributed by atoms with Gasteiger partial charge in [-0.15, -0.1) is 0 Å². The lowest BCUT2D eigenvalue weighted by Gasteiger charge is -2.33. The number of nitrogens with one attached hydrogen (secondary N) is 1. The van der Waals surface area contributed by atoms with Gasteiger partial charge in [-0.1, -0.05) is 11.6 Å². The highest BCUT2D eigenvalue weighted by Gasteiger charge is 2.24. The molecule has 0 aromatic carbocycles. The molecule has 1 saturated heterocycles. The van der Waals surface area contributed by atoms with Crippen molar-refractivity contribution in [2.75, 3.05) is 30.4 Å². The van der Waals surface area contributed by atoms with Gasteiger partial charge in [-0.05, 0) is 12.8 Å². The van der Waals surface area contributed by atoms with E-state index in [1.54, 1.807) is 12.7 Å². The predicted molar refractivity (Wildman–Crippen MR) is 77.1 cm³/mol. The molecule has 2 aromatic heterocycles. The number of nitrogens with zero attached hydrogens (tertiary/aromatic N) is 6. The Morgan fingerprint density at radius 1 is 1.25 bits per heavy atom. The number of hydrogen-bond acceptors (Lipinski definition) is 6. The van der Waals surface area contributed by atoms with Gasteiger partial charge in [0.05, 0.1) is 6.04 Å². The molecule has 0 bridgehead atoms. The van der Waals surface area contributed by atoms with Crippen LogP contribution in [0.15, 0.2) is 19.0 Å². The Kier molecular flexibility index (Phi) is 3.68. The lowest BCUT2D eigenvalue weighted by atomic mass is 10.1. The van der Waals surface area contributed by atoms with E-state index in [1.165, 1.54) is 6.33 Å². The van der Waals surface area contributed by atoms with Crippen molar-refractivity contribution in [2.24, 2.45) is 0 Å². The maximum absolute atomic E-state index is 6.10. The van der Waals surface area contributed by atoms with E-state index in [0.717, 1.165) is 37.4 Å². The Morgan fingerprint density at radius 3 is 2.70 bits per heavy atom. The van der Waals surface area contributed by atoms with Crippen LogP contribution in [0.3, 0.4) is 0 Å². The quantitative estimate of drug-likeness (QED) is 0.867. The molecule has 7 nitrogen and oxygen atoms in total. The van der Waals surface area contributed by atoms with Gasteiger partial charge in [-0.25, -0.2) is 19.6 Å². The second kappa shape index (κ2) is 5.62. The average Bonchev–Trinajstić information content (AvgIpc) is 3.01. The first-order valence-electron chi connectivity index (χ1n) is 6.57. The van der Waals surface area contributed by atoms with E-state index in [0.29, 0.717) is 11.2 Å². The van der Waals surface area contributed by atoms with Gasteiger partial charge in [0.1, 0.15) is 24.7 Å². The van der Waals surface area contributed by atoms with Crippen LogP contribution in [0.5, 0.6) is 0 Å². The molecule has 0 amide bonds. The zero-order valence-corrected chi connectivity index (χ0v) is 12.0. The SMILES string of the molecule is CNc1c(Cl)ncnc1N1CCC(n2cncn2)CC1. The monoisotopic (exact) mass is 293 g/mol. The summed E-state index contributed by atoms with van der Waals surface area (Å²) >= 11 is 6.10. The molecule has 106 valence electrons. The molecule has 8 heteroatoms. The molecule has 1 aliphatic rings. The summed E-state index contributed by atoms with van der Waals surface area (Å²) in [6, 6.07) is 0.407. The molecule has 0 atom stereocenters. The van der Waals surface area contributed by atoms with Crippen LogP contribution >= 0.6 is 11.6 Å². The summed E-state index contributed by atoms with van der Waals surface area (Å²) in [5.41, 5.74) is 0.786. The molecule has 3 heterocycles. The summed E-state index contributed by atoms with van der Waals surface area (Å²) in [6.45, 7) is 1.82. The van der Waals surface area contributed by atoms with E-state index in [4.69, 9.17) is 11.6 Å². The Bertz CT molecular complexity index is 563. The Labute approximate surface area is 122 Å².